The molecule has 0 bridgehead atoms. The van der Waals surface area contributed by atoms with Crippen LogP contribution in [0, 0.1) is 11.1 Å². The molecule has 14 heavy (non-hydrogen) atoms. The molecule has 4 heteroatoms. The van der Waals surface area contributed by atoms with Crippen LogP contribution in [0.4, 0.5) is 0 Å². The lowest BCUT2D eigenvalue weighted by atomic mass is 10.0. The number of likely N-dealkylation sites (tertiary alicyclic amines) is 1. The molecule has 1 saturated carbocycles. The Hall–Kier alpha value is -0.160. The van der Waals surface area contributed by atoms with Crippen molar-refractivity contribution in [3.8, 4) is 0 Å². The molecule has 3 N–H and O–H groups in total. The Morgan fingerprint density at radius 1 is 1.43 bits per heavy atom. The van der Waals surface area contributed by atoms with Gasteiger partial charge in [-0.15, -0.1) is 0 Å². The summed E-state index contributed by atoms with van der Waals surface area (Å²) in [5, 5.41) is 21.5. The minimum atomic E-state index is -0.118. The largest absolute Gasteiger partial charge is 0.632 e. The maximum Gasteiger partial charge on any atom is 0.109 e. The highest BCUT2D eigenvalue weighted by Gasteiger charge is 2.47. The molecule has 0 radical (unpaired) electrons. The van der Waals surface area contributed by atoms with Crippen LogP contribution in [0.1, 0.15) is 32.6 Å². The van der Waals surface area contributed by atoms with E-state index < -0.39 is 0 Å². The van der Waals surface area contributed by atoms with Gasteiger partial charge in [-0.2, -0.15) is 0 Å². The van der Waals surface area contributed by atoms with Gasteiger partial charge in [0.05, 0.1) is 19.2 Å². The second-order valence-corrected chi connectivity index (χ2v) is 4.66. The molecule has 2 fully saturated rings. The molecule has 2 aliphatic rings. The number of aliphatic hydroxyl groups excluding tert-OH is 1. The van der Waals surface area contributed by atoms with Crippen LogP contribution in [0.2, 0.25) is 0 Å². The lowest BCUT2D eigenvalue weighted by Gasteiger charge is -2.48. The highest BCUT2D eigenvalue weighted by Crippen LogP contribution is 2.43. The molecular weight excluding hydrogens is 182 g/mol. The van der Waals surface area contributed by atoms with Gasteiger partial charge >= 0.3 is 0 Å². The van der Waals surface area contributed by atoms with Crippen LogP contribution >= 0.6 is 0 Å². The molecular formula is C10H21NO3. The van der Waals surface area contributed by atoms with Gasteiger partial charge in [0.25, 0.3) is 0 Å². The van der Waals surface area contributed by atoms with E-state index in [4.69, 9.17) is 5.11 Å². The first-order valence-corrected chi connectivity index (χ1v) is 5.38. The summed E-state index contributed by atoms with van der Waals surface area (Å²) < 4.78 is -0.110. The quantitative estimate of drug-likeness (QED) is 0.522. The van der Waals surface area contributed by atoms with Crippen molar-refractivity contribution < 1.29 is 15.2 Å². The number of quaternary nitrogens is 1. The molecule has 1 heterocycles. The van der Waals surface area contributed by atoms with Crippen molar-refractivity contribution in [2.24, 2.45) is 5.92 Å². The summed E-state index contributed by atoms with van der Waals surface area (Å²) in [6.45, 7) is 2.65. The van der Waals surface area contributed by atoms with Gasteiger partial charge in [-0.3, -0.25) is 0 Å². The van der Waals surface area contributed by atoms with Gasteiger partial charge in [0, 0.05) is 18.8 Å². The van der Waals surface area contributed by atoms with Crippen LogP contribution in [0.3, 0.4) is 0 Å². The molecule has 84 valence electrons. The molecule has 4 atom stereocenters. The topological polar surface area (TPSA) is 74.8 Å². The second-order valence-electron chi connectivity index (χ2n) is 4.66. The van der Waals surface area contributed by atoms with E-state index in [2.05, 4.69) is 0 Å². The Bertz CT molecular complexity index is 200. The molecule has 0 unspecified atom stereocenters. The first-order valence-electron chi connectivity index (χ1n) is 5.38. The number of rotatable bonds is 2. The van der Waals surface area contributed by atoms with Crippen LogP contribution < -0.4 is 0 Å². The molecule has 0 amide bonds. The van der Waals surface area contributed by atoms with Crippen LogP contribution in [-0.2, 0) is 0 Å². The summed E-state index contributed by atoms with van der Waals surface area (Å²) in [4.78, 5) is 0. The minimum Gasteiger partial charge on any atom is -0.632 e. The van der Waals surface area contributed by atoms with Crippen molar-refractivity contribution in [1.82, 2.24) is 0 Å². The van der Waals surface area contributed by atoms with E-state index >= 15 is 0 Å². The molecule has 0 aromatic heterocycles. The fraction of sp³-hybridized carbons (Fsp3) is 1.00. The Morgan fingerprint density at radius 3 is 2.79 bits per heavy atom. The van der Waals surface area contributed by atoms with Crippen LogP contribution in [0.15, 0.2) is 0 Å². The zero-order valence-corrected chi connectivity index (χ0v) is 8.78. The lowest BCUT2D eigenvalue weighted by Crippen LogP contribution is -2.54. The maximum absolute atomic E-state index is 12.4. The fourth-order valence-electron chi connectivity index (χ4n) is 3.15. The summed E-state index contributed by atoms with van der Waals surface area (Å²) in [7, 11) is 0. The third-order valence-corrected chi connectivity index (χ3v) is 4.04. The SMILES string of the molecule is C[C@@H](CO)[N@+]1([O-])CC[C@@H]2CCC[C@@H]21.O. The van der Waals surface area contributed by atoms with Gasteiger partial charge in [0.2, 0.25) is 0 Å². The Morgan fingerprint density at radius 2 is 2.14 bits per heavy atom. The first kappa shape index (κ1) is 11.9. The van der Waals surface area contributed by atoms with E-state index in [-0.39, 0.29) is 22.8 Å². The molecule has 0 aromatic carbocycles. The molecule has 1 saturated heterocycles. The van der Waals surface area contributed by atoms with Crippen molar-refractivity contribution in [3.05, 3.63) is 5.21 Å². The molecule has 1 aliphatic carbocycles. The van der Waals surface area contributed by atoms with Crippen molar-refractivity contribution in [1.29, 1.82) is 0 Å². The van der Waals surface area contributed by atoms with E-state index in [0.717, 1.165) is 19.4 Å². The van der Waals surface area contributed by atoms with E-state index in [1.54, 1.807) is 0 Å². The number of hydrogen-bond donors (Lipinski definition) is 1. The zero-order valence-electron chi connectivity index (χ0n) is 8.78. The predicted molar refractivity (Wildman–Crippen MR) is 54.4 cm³/mol. The average Bonchev–Trinajstić information content (AvgIpc) is 2.69. The Labute approximate surface area is 85.0 Å². The summed E-state index contributed by atoms with van der Waals surface area (Å²) in [6, 6.07) is 0.190. The van der Waals surface area contributed by atoms with Crippen molar-refractivity contribution >= 4 is 0 Å². The predicted octanol–water partition coefficient (Wildman–Crippen LogP) is 0.430. The van der Waals surface area contributed by atoms with Gasteiger partial charge < -0.3 is 20.4 Å². The monoisotopic (exact) mass is 203 g/mol. The Kier molecular flexibility index (Phi) is 3.53. The van der Waals surface area contributed by atoms with E-state index in [0.29, 0.717) is 12.0 Å². The van der Waals surface area contributed by atoms with Crippen LogP contribution in [-0.4, -0.2) is 40.5 Å². The summed E-state index contributed by atoms with van der Waals surface area (Å²) in [5.41, 5.74) is 0. The molecule has 0 aromatic rings. The van der Waals surface area contributed by atoms with E-state index in [1.807, 2.05) is 6.92 Å². The van der Waals surface area contributed by atoms with Crippen LogP contribution in [0.5, 0.6) is 0 Å². The lowest BCUT2D eigenvalue weighted by molar-refractivity contribution is -0.916. The first-order chi connectivity index (χ1) is 6.18. The van der Waals surface area contributed by atoms with Gasteiger partial charge in [0.1, 0.15) is 6.04 Å². The maximum atomic E-state index is 12.4. The molecule has 4 nitrogen and oxygen atoms in total. The van der Waals surface area contributed by atoms with Crippen molar-refractivity contribution in [3.63, 3.8) is 0 Å². The number of hydroxylamine groups is 3. The number of fused-ring (bicyclic) bond motifs is 1. The smallest absolute Gasteiger partial charge is 0.109 e. The average molecular weight is 203 g/mol. The highest BCUT2D eigenvalue weighted by molar-refractivity contribution is 4.85. The second kappa shape index (κ2) is 4.14. The number of hydrogen-bond acceptors (Lipinski definition) is 2. The standard InChI is InChI=1S/C10H19NO2.H2O/c1-8(7-12)11(13)6-5-9-3-2-4-10(9)11;/h8-10,12H,2-7H2,1H3;1H2/t8-,9-,10-,11+;/m0./s1. The third-order valence-electron chi connectivity index (χ3n) is 4.04. The normalized spacial score (nSPS) is 43.1. The fourth-order valence-corrected chi connectivity index (χ4v) is 3.15. The Balaban J connectivity index is 0.000000980. The van der Waals surface area contributed by atoms with Crippen molar-refractivity contribution in [2.75, 3.05) is 13.2 Å². The van der Waals surface area contributed by atoms with Crippen molar-refractivity contribution in [2.45, 2.75) is 44.7 Å². The van der Waals surface area contributed by atoms with E-state index in [1.165, 1.54) is 12.8 Å². The van der Waals surface area contributed by atoms with E-state index in [9.17, 15) is 5.21 Å². The molecule has 1 aliphatic heterocycles. The zero-order chi connectivity index (χ0) is 9.47. The molecule has 2 rings (SSSR count). The van der Waals surface area contributed by atoms with Crippen LogP contribution in [0.25, 0.3) is 0 Å². The summed E-state index contributed by atoms with van der Waals surface area (Å²) in [5.74, 6) is 0.659. The summed E-state index contributed by atoms with van der Waals surface area (Å²) in [6.07, 6.45) is 4.62. The number of aliphatic hydroxyl groups is 1. The van der Waals surface area contributed by atoms with Gasteiger partial charge in [0.15, 0.2) is 0 Å². The third kappa shape index (κ3) is 1.56. The van der Waals surface area contributed by atoms with Gasteiger partial charge in [-0.05, 0) is 19.8 Å². The van der Waals surface area contributed by atoms with Gasteiger partial charge in [-0.1, -0.05) is 0 Å². The highest BCUT2D eigenvalue weighted by atomic mass is 16.6. The minimum absolute atomic E-state index is 0. The molecule has 0 spiro atoms. The summed E-state index contributed by atoms with van der Waals surface area (Å²) >= 11 is 0. The van der Waals surface area contributed by atoms with Gasteiger partial charge in [-0.25, -0.2) is 0 Å². The number of nitrogens with zero attached hydrogens (tertiary/aromatic N) is 1.